The Morgan fingerprint density at radius 3 is 2.40 bits per heavy atom. The summed E-state index contributed by atoms with van der Waals surface area (Å²) in [7, 11) is 0. The summed E-state index contributed by atoms with van der Waals surface area (Å²) in [6, 6.07) is 9.48. The van der Waals surface area contributed by atoms with E-state index in [2.05, 4.69) is 36.5 Å². The summed E-state index contributed by atoms with van der Waals surface area (Å²) in [5.41, 5.74) is 2.85. The van der Waals surface area contributed by atoms with E-state index in [-0.39, 0.29) is 6.29 Å². The molecule has 20 heavy (non-hydrogen) atoms. The molecule has 1 aromatic rings. The highest BCUT2D eigenvalue weighted by Crippen LogP contribution is 2.36. The number of hydrogen-bond donors (Lipinski definition) is 1. The molecule has 0 amide bonds. The van der Waals surface area contributed by atoms with Gasteiger partial charge in [-0.2, -0.15) is 0 Å². The normalized spacial score (nSPS) is 21.9. The van der Waals surface area contributed by atoms with E-state index in [1.54, 1.807) is 0 Å². The van der Waals surface area contributed by atoms with E-state index in [1.165, 1.54) is 30.4 Å². The quantitative estimate of drug-likeness (QED) is 0.863. The number of rotatable bonds is 6. The monoisotopic (exact) mass is 275 g/mol. The number of nitrogens with one attached hydrogen (secondary N) is 1. The van der Waals surface area contributed by atoms with Gasteiger partial charge in [-0.1, -0.05) is 37.6 Å². The van der Waals surface area contributed by atoms with E-state index < -0.39 is 0 Å². The predicted molar refractivity (Wildman–Crippen MR) is 79.8 cm³/mol. The average molecular weight is 275 g/mol. The van der Waals surface area contributed by atoms with Gasteiger partial charge >= 0.3 is 0 Å². The molecule has 1 aliphatic carbocycles. The van der Waals surface area contributed by atoms with Crippen molar-refractivity contribution in [3.05, 3.63) is 35.4 Å². The van der Waals surface area contributed by atoms with Gasteiger partial charge in [0.25, 0.3) is 0 Å². The SMILES string of the molecule is CCNC(CC1OCCO1)c1ccc(C2CCC2)cc1. The first-order valence-electron chi connectivity index (χ1n) is 7.93. The first kappa shape index (κ1) is 14.1. The molecule has 0 aromatic heterocycles. The van der Waals surface area contributed by atoms with Crippen molar-refractivity contribution in [3.63, 3.8) is 0 Å². The molecule has 1 N–H and O–H groups in total. The van der Waals surface area contributed by atoms with Gasteiger partial charge in [-0.25, -0.2) is 0 Å². The molecule has 1 atom stereocenters. The molecule has 1 aromatic carbocycles. The van der Waals surface area contributed by atoms with Crippen LogP contribution in [0.2, 0.25) is 0 Å². The van der Waals surface area contributed by atoms with Crippen LogP contribution in [0.4, 0.5) is 0 Å². The fourth-order valence-electron chi connectivity index (χ4n) is 3.06. The van der Waals surface area contributed by atoms with Gasteiger partial charge < -0.3 is 14.8 Å². The lowest BCUT2D eigenvalue weighted by Crippen LogP contribution is -2.26. The van der Waals surface area contributed by atoms with E-state index in [0.29, 0.717) is 6.04 Å². The van der Waals surface area contributed by atoms with Gasteiger partial charge in [0.15, 0.2) is 6.29 Å². The molecule has 3 heteroatoms. The van der Waals surface area contributed by atoms with Crippen LogP contribution < -0.4 is 5.32 Å². The lowest BCUT2D eigenvalue weighted by atomic mass is 9.80. The van der Waals surface area contributed by atoms with E-state index >= 15 is 0 Å². The Balaban J connectivity index is 1.65. The maximum atomic E-state index is 5.58. The lowest BCUT2D eigenvalue weighted by molar-refractivity contribution is -0.0529. The van der Waals surface area contributed by atoms with Gasteiger partial charge in [-0.05, 0) is 36.4 Å². The van der Waals surface area contributed by atoms with E-state index in [0.717, 1.165) is 32.1 Å². The van der Waals surface area contributed by atoms with Crippen LogP contribution in [0.15, 0.2) is 24.3 Å². The zero-order chi connectivity index (χ0) is 13.8. The molecule has 0 radical (unpaired) electrons. The summed E-state index contributed by atoms with van der Waals surface area (Å²) in [5.74, 6) is 0.808. The molecular weight excluding hydrogens is 250 g/mol. The van der Waals surface area contributed by atoms with E-state index in [9.17, 15) is 0 Å². The standard InChI is InChI=1S/C17H25NO2/c1-2-18-16(12-17-19-10-11-20-17)15-8-6-14(7-9-15)13-4-3-5-13/h6-9,13,16-18H,2-5,10-12H2,1H3. The maximum Gasteiger partial charge on any atom is 0.159 e. The van der Waals surface area contributed by atoms with Crippen LogP contribution in [0.1, 0.15) is 55.7 Å². The summed E-state index contributed by atoms with van der Waals surface area (Å²) in [4.78, 5) is 0. The second-order valence-electron chi connectivity index (χ2n) is 5.81. The minimum absolute atomic E-state index is 0.0506. The molecule has 1 unspecified atom stereocenters. The molecular formula is C17H25NO2. The highest BCUT2D eigenvalue weighted by Gasteiger charge is 2.23. The molecule has 1 saturated heterocycles. The van der Waals surface area contributed by atoms with Gasteiger partial charge in [0.2, 0.25) is 0 Å². The van der Waals surface area contributed by atoms with Crippen molar-refractivity contribution >= 4 is 0 Å². The van der Waals surface area contributed by atoms with Crippen molar-refractivity contribution in [3.8, 4) is 0 Å². The molecule has 0 bridgehead atoms. The highest BCUT2D eigenvalue weighted by molar-refractivity contribution is 5.28. The smallest absolute Gasteiger partial charge is 0.159 e. The molecule has 3 rings (SSSR count). The van der Waals surface area contributed by atoms with Gasteiger partial charge in [0, 0.05) is 12.5 Å². The fourth-order valence-corrected chi connectivity index (χ4v) is 3.06. The molecule has 110 valence electrons. The summed E-state index contributed by atoms with van der Waals surface area (Å²) < 4.78 is 11.2. The third kappa shape index (κ3) is 3.22. The van der Waals surface area contributed by atoms with Crippen LogP contribution in [-0.2, 0) is 9.47 Å². The Bertz CT molecular complexity index is 408. The van der Waals surface area contributed by atoms with Gasteiger partial charge in [0.05, 0.1) is 13.2 Å². The highest BCUT2D eigenvalue weighted by atomic mass is 16.7. The van der Waals surface area contributed by atoms with Crippen molar-refractivity contribution in [1.82, 2.24) is 5.32 Å². The molecule has 2 aliphatic rings. The van der Waals surface area contributed by atoms with E-state index in [4.69, 9.17) is 9.47 Å². The molecule has 1 saturated carbocycles. The first-order valence-corrected chi connectivity index (χ1v) is 7.93. The topological polar surface area (TPSA) is 30.5 Å². The summed E-state index contributed by atoms with van der Waals surface area (Å²) in [6.45, 7) is 4.56. The van der Waals surface area contributed by atoms with Gasteiger partial charge in [-0.15, -0.1) is 0 Å². The maximum absolute atomic E-state index is 5.58. The van der Waals surface area contributed by atoms with Crippen LogP contribution in [0.25, 0.3) is 0 Å². The third-order valence-electron chi connectivity index (χ3n) is 4.48. The van der Waals surface area contributed by atoms with Gasteiger partial charge in [-0.3, -0.25) is 0 Å². The van der Waals surface area contributed by atoms with Gasteiger partial charge in [0.1, 0.15) is 0 Å². The number of hydrogen-bond acceptors (Lipinski definition) is 3. The van der Waals surface area contributed by atoms with Crippen LogP contribution >= 0.6 is 0 Å². The Morgan fingerprint density at radius 1 is 1.15 bits per heavy atom. The third-order valence-corrected chi connectivity index (χ3v) is 4.48. The second kappa shape index (κ2) is 6.70. The molecule has 3 nitrogen and oxygen atoms in total. The Labute approximate surface area is 121 Å². The summed E-state index contributed by atoms with van der Waals surface area (Å²) in [5, 5.41) is 3.54. The first-order chi connectivity index (χ1) is 9.86. The minimum atomic E-state index is -0.0506. The Morgan fingerprint density at radius 2 is 1.85 bits per heavy atom. The zero-order valence-corrected chi connectivity index (χ0v) is 12.3. The molecule has 1 heterocycles. The van der Waals surface area contributed by atoms with Crippen LogP contribution in [0, 0.1) is 0 Å². The van der Waals surface area contributed by atoms with Crippen molar-refractivity contribution in [2.45, 2.75) is 50.9 Å². The second-order valence-corrected chi connectivity index (χ2v) is 5.81. The van der Waals surface area contributed by atoms with Crippen molar-refractivity contribution in [2.24, 2.45) is 0 Å². The number of ether oxygens (including phenoxy) is 2. The van der Waals surface area contributed by atoms with E-state index in [1.807, 2.05) is 0 Å². The predicted octanol–water partition coefficient (Wildman–Crippen LogP) is 3.37. The number of benzene rings is 1. The van der Waals surface area contributed by atoms with Crippen LogP contribution in [0.5, 0.6) is 0 Å². The van der Waals surface area contributed by atoms with Crippen LogP contribution in [-0.4, -0.2) is 26.0 Å². The van der Waals surface area contributed by atoms with Crippen molar-refractivity contribution < 1.29 is 9.47 Å². The Hall–Kier alpha value is -0.900. The minimum Gasteiger partial charge on any atom is -0.350 e. The lowest BCUT2D eigenvalue weighted by Gasteiger charge is -2.27. The largest absolute Gasteiger partial charge is 0.350 e. The molecule has 2 fully saturated rings. The summed E-state index contributed by atoms with van der Waals surface area (Å²) in [6.07, 6.45) is 4.95. The Kier molecular flexibility index (Phi) is 4.71. The van der Waals surface area contributed by atoms with Crippen LogP contribution in [0.3, 0.4) is 0 Å². The molecule has 0 spiro atoms. The fraction of sp³-hybridized carbons (Fsp3) is 0.647. The van der Waals surface area contributed by atoms with Crippen molar-refractivity contribution in [2.75, 3.05) is 19.8 Å². The summed E-state index contributed by atoms with van der Waals surface area (Å²) >= 11 is 0. The molecule has 1 aliphatic heterocycles. The van der Waals surface area contributed by atoms with Crippen molar-refractivity contribution in [1.29, 1.82) is 0 Å². The average Bonchev–Trinajstić information content (AvgIpc) is 2.90. The zero-order valence-electron chi connectivity index (χ0n) is 12.3.